The SMILES string of the molecule is CCCNC(=O)[C@H](CC)N(Cc1ccc(Cl)cc1Cl)C(=O)CN(c1ccc(C)c(Cl)c1)S(C)(=O)=O. The monoisotopic (exact) mass is 561 g/mol. The second-order valence-electron chi connectivity index (χ2n) is 8.18. The minimum Gasteiger partial charge on any atom is -0.354 e. The van der Waals surface area contributed by atoms with Crippen LogP contribution in [-0.4, -0.2) is 50.5 Å². The zero-order valence-corrected chi connectivity index (χ0v) is 23.2. The van der Waals surface area contributed by atoms with Crippen molar-refractivity contribution < 1.29 is 18.0 Å². The number of nitrogens with zero attached hydrogens (tertiary/aromatic N) is 2. The van der Waals surface area contributed by atoms with Gasteiger partial charge in [0.2, 0.25) is 21.8 Å². The summed E-state index contributed by atoms with van der Waals surface area (Å²) in [5, 5.41) is 3.97. The third-order valence-corrected chi connectivity index (χ3v) is 7.55. The molecule has 0 heterocycles. The van der Waals surface area contributed by atoms with Gasteiger partial charge in [-0.25, -0.2) is 8.42 Å². The molecule has 192 valence electrons. The third kappa shape index (κ3) is 8.00. The van der Waals surface area contributed by atoms with E-state index in [1.165, 1.54) is 11.0 Å². The van der Waals surface area contributed by atoms with Crippen molar-refractivity contribution >= 4 is 62.3 Å². The summed E-state index contributed by atoms with van der Waals surface area (Å²) < 4.78 is 26.3. The second kappa shape index (κ2) is 12.8. The normalized spacial score (nSPS) is 12.2. The number of aryl methyl sites for hydroxylation is 1. The van der Waals surface area contributed by atoms with Crippen LogP contribution < -0.4 is 9.62 Å². The average Bonchev–Trinajstić information content (AvgIpc) is 2.78. The number of hydrogen-bond acceptors (Lipinski definition) is 4. The first-order chi connectivity index (χ1) is 16.4. The van der Waals surface area contributed by atoms with Crippen molar-refractivity contribution in [1.29, 1.82) is 0 Å². The maximum Gasteiger partial charge on any atom is 0.244 e. The van der Waals surface area contributed by atoms with Gasteiger partial charge in [-0.05, 0) is 55.2 Å². The van der Waals surface area contributed by atoms with Crippen LogP contribution in [0.15, 0.2) is 36.4 Å². The van der Waals surface area contributed by atoms with E-state index >= 15 is 0 Å². The smallest absolute Gasteiger partial charge is 0.244 e. The van der Waals surface area contributed by atoms with Gasteiger partial charge in [-0.1, -0.05) is 60.8 Å². The maximum atomic E-state index is 13.6. The lowest BCUT2D eigenvalue weighted by Crippen LogP contribution is -2.52. The van der Waals surface area contributed by atoms with E-state index in [1.54, 1.807) is 44.2 Å². The van der Waals surface area contributed by atoms with Crippen molar-refractivity contribution in [1.82, 2.24) is 10.2 Å². The van der Waals surface area contributed by atoms with Crippen molar-refractivity contribution in [3.63, 3.8) is 0 Å². The van der Waals surface area contributed by atoms with E-state index in [1.807, 2.05) is 6.92 Å². The predicted octanol–water partition coefficient (Wildman–Crippen LogP) is 5.05. The summed E-state index contributed by atoms with van der Waals surface area (Å²) in [5.41, 5.74) is 1.60. The summed E-state index contributed by atoms with van der Waals surface area (Å²) in [5.74, 6) is -0.881. The van der Waals surface area contributed by atoms with E-state index in [9.17, 15) is 18.0 Å². The summed E-state index contributed by atoms with van der Waals surface area (Å²) in [6.07, 6.45) is 2.07. The molecule has 0 saturated heterocycles. The van der Waals surface area contributed by atoms with Crippen molar-refractivity contribution in [2.24, 2.45) is 0 Å². The van der Waals surface area contributed by atoms with Crippen LogP contribution in [-0.2, 0) is 26.2 Å². The molecule has 0 spiro atoms. The highest BCUT2D eigenvalue weighted by Gasteiger charge is 2.32. The number of benzene rings is 2. The molecule has 0 radical (unpaired) electrons. The van der Waals surface area contributed by atoms with Crippen molar-refractivity contribution in [2.45, 2.75) is 46.2 Å². The minimum atomic E-state index is -3.85. The van der Waals surface area contributed by atoms with E-state index in [2.05, 4.69) is 5.32 Å². The fourth-order valence-corrected chi connectivity index (χ4v) is 4.95. The molecule has 2 amide bonds. The zero-order valence-electron chi connectivity index (χ0n) is 20.1. The Labute approximate surface area is 222 Å². The van der Waals surface area contributed by atoms with Crippen LogP contribution >= 0.6 is 34.8 Å². The Balaban J connectivity index is 2.48. The molecule has 35 heavy (non-hydrogen) atoms. The fraction of sp³-hybridized carbons (Fsp3) is 0.417. The number of nitrogens with one attached hydrogen (secondary N) is 1. The van der Waals surface area contributed by atoms with Crippen molar-refractivity contribution in [2.75, 3.05) is 23.7 Å². The topological polar surface area (TPSA) is 86.8 Å². The quantitative estimate of drug-likeness (QED) is 0.415. The molecule has 1 N–H and O–H groups in total. The number of anilines is 1. The molecule has 0 unspecified atom stereocenters. The molecule has 0 fully saturated rings. The lowest BCUT2D eigenvalue weighted by molar-refractivity contribution is -0.140. The van der Waals surface area contributed by atoms with Crippen LogP contribution in [0.25, 0.3) is 0 Å². The molecule has 0 aliphatic heterocycles. The number of rotatable bonds is 11. The summed E-state index contributed by atoms with van der Waals surface area (Å²) >= 11 is 18.6. The van der Waals surface area contributed by atoms with Gasteiger partial charge in [-0.2, -0.15) is 0 Å². The van der Waals surface area contributed by atoms with Crippen molar-refractivity contribution in [3.05, 3.63) is 62.6 Å². The molecule has 2 aromatic carbocycles. The van der Waals surface area contributed by atoms with Gasteiger partial charge in [0, 0.05) is 28.2 Å². The van der Waals surface area contributed by atoms with Crippen LogP contribution in [0.1, 0.15) is 37.8 Å². The van der Waals surface area contributed by atoms with Gasteiger partial charge in [-0.3, -0.25) is 13.9 Å². The largest absolute Gasteiger partial charge is 0.354 e. The Hall–Kier alpha value is -2.00. The van der Waals surface area contributed by atoms with E-state index < -0.39 is 28.5 Å². The molecule has 0 aliphatic rings. The van der Waals surface area contributed by atoms with Crippen molar-refractivity contribution in [3.8, 4) is 0 Å². The summed E-state index contributed by atoms with van der Waals surface area (Å²) in [7, 11) is -3.85. The molecule has 0 aliphatic carbocycles. The van der Waals surface area contributed by atoms with Crippen LogP contribution in [0, 0.1) is 6.92 Å². The maximum absolute atomic E-state index is 13.6. The third-order valence-electron chi connectivity index (χ3n) is 5.41. The van der Waals surface area contributed by atoms with Crippen LogP contribution in [0.4, 0.5) is 5.69 Å². The van der Waals surface area contributed by atoms with Gasteiger partial charge in [0.25, 0.3) is 0 Å². The highest BCUT2D eigenvalue weighted by Crippen LogP contribution is 2.27. The molecular formula is C24H30Cl3N3O4S. The zero-order chi connectivity index (χ0) is 26.3. The lowest BCUT2D eigenvalue weighted by atomic mass is 10.1. The Morgan fingerprint density at radius 1 is 1.03 bits per heavy atom. The number of sulfonamides is 1. The Bertz CT molecular complexity index is 1170. The van der Waals surface area contributed by atoms with Gasteiger partial charge in [-0.15, -0.1) is 0 Å². The molecule has 7 nitrogen and oxygen atoms in total. The number of carbonyl (C=O) groups excluding carboxylic acids is 2. The Kier molecular flexibility index (Phi) is 10.7. The Morgan fingerprint density at radius 3 is 2.26 bits per heavy atom. The van der Waals surface area contributed by atoms with Gasteiger partial charge in [0.05, 0.1) is 11.9 Å². The standard InChI is InChI=1S/C24H30Cl3N3O4S/c1-5-11-28-24(32)22(6-2)29(14-17-8-9-18(25)12-21(17)27)23(31)15-30(35(4,33)34)19-10-7-16(3)20(26)13-19/h7-10,12-13,22H,5-6,11,14-15H2,1-4H3,(H,28,32)/t22-/m0/s1. The molecule has 0 saturated carbocycles. The first-order valence-corrected chi connectivity index (χ1v) is 14.1. The predicted molar refractivity (Wildman–Crippen MR) is 143 cm³/mol. The van der Waals surface area contributed by atoms with Gasteiger partial charge in [0.1, 0.15) is 12.6 Å². The van der Waals surface area contributed by atoms with Crippen LogP contribution in [0.3, 0.4) is 0 Å². The van der Waals surface area contributed by atoms with E-state index in [0.717, 1.165) is 22.5 Å². The summed E-state index contributed by atoms with van der Waals surface area (Å²) in [6, 6.07) is 8.80. The van der Waals surface area contributed by atoms with Crippen LogP contribution in [0.5, 0.6) is 0 Å². The summed E-state index contributed by atoms with van der Waals surface area (Å²) in [4.78, 5) is 27.9. The Morgan fingerprint density at radius 2 is 1.71 bits per heavy atom. The number of hydrogen-bond donors (Lipinski definition) is 1. The molecule has 0 aromatic heterocycles. The van der Waals surface area contributed by atoms with Gasteiger partial charge >= 0.3 is 0 Å². The molecule has 0 bridgehead atoms. The lowest BCUT2D eigenvalue weighted by Gasteiger charge is -2.33. The fourth-order valence-electron chi connectivity index (χ4n) is 3.47. The first kappa shape index (κ1) is 29.2. The first-order valence-electron chi connectivity index (χ1n) is 11.1. The number of amides is 2. The highest BCUT2D eigenvalue weighted by molar-refractivity contribution is 7.92. The van der Waals surface area contributed by atoms with E-state index in [-0.39, 0.29) is 18.1 Å². The molecule has 2 aromatic rings. The average molecular weight is 563 g/mol. The number of carbonyl (C=O) groups is 2. The summed E-state index contributed by atoms with van der Waals surface area (Å²) in [6.45, 7) is 5.44. The van der Waals surface area contributed by atoms with E-state index in [4.69, 9.17) is 34.8 Å². The minimum absolute atomic E-state index is 0.000850. The molecular weight excluding hydrogens is 533 g/mol. The van der Waals surface area contributed by atoms with Gasteiger partial charge < -0.3 is 10.2 Å². The molecule has 1 atom stereocenters. The molecule has 2 rings (SSSR count). The molecule has 11 heteroatoms. The second-order valence-corrected chi connectivity index (χ2v) is 11.3. The van der Waals surface area contributed by atoms with E-state index in [0.29, 0.717) is 33.6 Å². The highest BCUT2D eigenvalue weighted by atomic mass is 35.5. The van der Waals surface area contributed by atoms with Crippen LogP contribution in [0.2, 0.25) is 15.1 Å². The number of halogens is 3. The van der Waals surface area contributed by atoms with Gasteiger partial charge in [0.15, 0.2) is 0 Å².